The molecule has 0 spiro atoms. The molecule has 0 amide bonds. The number of hydrogen-bond acceptors (Lipinski definition) is 0. The Kier molecular flexibility index (Phi) is 1.82. The Morgan fingerprint density at radius 1 is 1.10 bits per heavy atom. The third-order valence-electron chi connectivity index (χ3n) is 4.10. The SMILES string of the molecule is CCC1C(C)C(C)(C)C1C. The van der Waals surface area contributed by atoms with Gasteiger partial charge in [-0.15, -0.1) is 0 Å². The van der Waals surface area contributed by atoms with Crippen LogP contribution in [0.25, 0.3) is 0 Å². The highest BCUT2D eigenvalue weighted by Crippen LogP contribution is 2.56. The topological polar surface area (TPSA) is 0 Å². The summed E-state index contributed by atoms with van der Waals surface area (Å²) in [6, 6.07) is 0. The van der Waals surface area contributed by atoms with E-state index >= 15 is 0 Å². The Balaban J connectivity index is 2.59. The van der Waals surface area contributed by atoms with Crippen molar-refractivity contribution < 1.29 is 0 Å². The van der Waals surface area contributed by atoms with Gasteiger partial charge in [-0.1, -0.05) is 41.0 Å². The lowest BCUT2D eigenvalue weighted by Crippen LogP contribution is -2.50. The first-order valence-corrected chi connectivity index (χ1v) is 4.51. The maximum Gasteiger partial charge on any atom is -0.0297 e. The van der Waals surface area contributed by atoms with Crippen molar-refractivity contribution in [2.24, 2.45) is 23.2 Å². The van der Waals surface area contributed by atoms with Crippen LogP contribution in [0.2, 0.25) is 0 Å². The molecule has 0 heteroatoms. The molecule has 0 aromatic heterocycles. The normalized spacial score (nSPS) is 44.7. The Morgan fingerprint density at radius 3 is 1.70 bits per heavy atom. The van der Waals surface area contributed by atoms with Crippen molar-refractivity contribution in [3.8, 4) is 0 Å². The summed E-state index contributed by atoms with van der Waals surface area (Å²) in [6.45, 7) is 11.9. The van der Waals surface area contributed by atoms with Gasteiger partial charge in [0.1, 0.15) is 0 Å². The molecule has 60 valence electrons. The summed E-state index contributed by atoms with van der Waals surface area (Å²) in [5, 5.41) is 0. The fourth-order valence-electron chi connectivity index (χ4n) is 2.54. The van der Waals surface area contributed by atoms with E-state index in [-0.39, 0.29) is 0 Å². The van der Waals surface area contributed by atoms with E-state index < -0.39 is 0 Å². The molecule has 1 fully saturated rings. The highest BCUT2D eigenvalue weighted by Gasteiger charge is 2.49. The van der Waals surface area contributed by atoms with Gasteiger partial charge < -0.3 is 0 Å². The van der Waals surface area contributed by atoms with Gasteiger partial charge in [-0.05, 0) is 23.2 Å². The minimum Gasteiger partial charge on any atom is -0.0651 e. The molecule has 0 aliphatic heterocycles. The first kappa shape index (κ1) is 8.10. The van der Waals surface area contributed by atoms with E-state index in [0.29, 0.717) is 5.41 Å². The minimum absolute atomic E-state index is 0.612. The summed E-state index contributed by atoms with van der Waals surface area (Å²) in [5.41, 5.74) is 0.612. The fourth-order valence-corrected chi connectivity index (χ4v) is 2.54. The van der Waals surface area contributed by atoms with Crippen molar-refractivity contribution in [3.63, 3.8) is 0 Å². The molecule has 0 nitrogen and oxygen atoms in total. The van der Waals surface area contributed by atoms with Crippen molar-refractivity contribution in [1.29, 1.82) is 0 Å². The van der Waals surface area contributed by atoms with E-state index in [2.05, 4.69) is 34.6 Å². The molecule has 0 heterocycles. The van der Waals surface area contributed by atoms with Gasteiger partial charge in [0.15, 0.2) is 0 Å². The Labute approximate surface area is 65.0 Å². The third kappa shape index (κ3) is 0.810. The third-order valence-corrected chi connectivity index (χ3v) is 4.10. The molecule has 2 atom stereocenters. The zero-order chi connectivity index (χ0) is 7.94. The zero-order valence-corrected chi connectivity index (χ0v) is 7.94. The van der Waals surface area contributed by atoms with Crippen molar-refractivity contribution in [3.05, 3.63) is 0 Å². The first-order valence-electron chi connectivity index (χ1n) is 4.51. The van der Waals surface area contributed by atoms with Crippen molar-refractivity contribution in [2.75, 3.05) is 0 Å². The van der Waals surface area contributed by atoms with Gasteiger partial charge >= 0.3 is 0 Å². The van der Waals surface area contributed by atoms with E-state index in [0.717, 1.165) is 17.8 Å². The lowest BCUT2D eigenvalue weighted by Gasteiger charge is -2.56. The quantitative estimate of drug-likeness (QED) is 0.524. The summed E-state index contributed by atoms with van der Waals surface area (Å²) < 4.78 is 0. The van der Waals surface area contributed by atoms with E-state index in [1.54, 1.807) is 0 Å². The molecule has 2 unspecified atom stereocenters. The van der Waals surface area contributed by atoms with E-state index in [9.17, 15) is 0 Å². The minimum atomic E-state index is 0.612. The molecule has 1 saturated carbocycles. The smallest absolute Gasteiger partial charge is 0.0297 e. The molecule has 0 saturated heterocycles. The summed E-state index contributed by atoms with van der Waals surface area (Å²) in [7, 11) is 0. The van der Waals surface area contributed by atoms with Crippen molar-refractivity contribution >= 4 is 0 Å². The van der Waals surface area contributed by atoms with Gasteiger partial charge in [0.25, 0.3) is 0 Å². The lowest BCUT2D eigenvalue weighted by molar-refractivity contribution is -0.0771. The molecular weight excluding hydrogens is 120 g/mol. The molecule has 0 radical (unpaired) electrons. The van der Waals surface area contributed by atoms with E-state index in [1.807, 2.05) is 0 Å². The van der Waals surface area contributed by atoms with E-state index in [4.69, 9.17) is 0 Å². The van der Waals surface area contributed by atoms with Gasteiger partial charge in [0.2, 0.25) is 0 Å². The van der Waals surface area contributed by atoms with Crippen molar-refractivity contribution in [2.45, 2.75) is 41.0 Å². The molecule has 0 aromatic carbocycles. The molecule has 0 N–H and O–H groups in total. The van der Waals surface area contributed by atoms with Gasteiger partial charge in [-0.3, -0.25) is 0 Å². The van der Waals surface area contributed by atoms with Crippen LogP contribution in [0.3, 0.4) is 0 Å². The second-order valence-corrected chi connectivity index (χ2v) is 4.47. The van der Waals surface area contributed by atoms with Crippen LogP contribution in [0, 0.1) is 23.2 Å². The Morgan fingerprint density at radius 2 is 1.50 bits per heavy atom. The summed E-state index contributed by atoms with van der Waals surface area (Å²) >= 11 is 0. The largest absolute Gasteiger partial charge is 0.0651 e. The van der Waals surface area contributed by atoms with Crippen LogP contribution >= 0.6 is 0 Å². The highest BCUT2D eigenvalue weighted by atomic mass is 14.5. The van der Waals surface area contributed by atoms with E-state index in [1.165, 1.54) is 6.42 Å². The average Bonchev–Trinajstić information content (AvgIpc) is 1.89. The lowest BCUT2D eigenvalue weighted by atomic mass is 9.49. The number of hydrogen-bond donors (Lipinski definition) is 0. The molecule has 0 bridgehead atoms. The van der Waals surface area contributed by atoms with Gasteiger partial charge in [-0.25, -0.2) is 0 Å². The molecule has 0 aromatic rings. The maximum absolute atomic E-state index is 2.40. The van der Waals surface area contributed by atoms with Crippen molar-refractivity contribution in [1.82, 2.24) is 0 Å². The van der Waals surface area contributed by atoms with Crippen LogP contribution in [0.5, 0.6) is 0 Å². The highest BCUT2D eigenvalue weighted by molar-refractivity contribution is 4.98. The molecular formula is C10H20. The molecule has 1 aliphatic carbocycles. The zero-order valence-electron chi connectivity index (χ0n) is 7.94. The predicted octanol–water partition coefficient (Wildman–Crippen LogP) is 3.32. The van der Waals surface area contributed by atoms with Crippen LogP contribution < -0.4 is 0 Å². The Hall–Kier alpha value is 0. The summed E-state index contributed by atoms with van der Waals surface area (Å²) in [5.74, 6) is 2.87. The van der Waals surface area contributed by atoms with Crippen LogP contribution in [0.4, 0.5) is 0 Å². The molecule has 10 heavy (non-hydrogen) atoms. The average molecular weight is 140 g/mol. The van der Waals surface area contributed by atoms with Gasteiger partial charge in [-0.2, -0.15) is 0 Å². The standard InChI is InChI=1S/C10H20/c1-6-9-7(2)10(4,5)8(9)3/h7-9H,6H2,1-5H3. The number of rotatable bonds is 1. The monoisotopic (exact) mass is 140 g/mol. The van der Waals surface area contributed by atoms with Gasteiger partial charge in [0.05, 0.1) is 0 Å². The second kappa shape index (κ2) is 2.25. The van der Waals surface area contributed by atoms with Gasteiger partial charge in [0, 0.05) is 0 Å². The second-order valence-electron chi connectivity index (χ2n) is 4.47. The van der Waals surface area contributed by atoms with Crippen LogP contribution in [0.1, 0.15) is 41.0 Å². The fraction of sp³-hybridized carbons (Fsp3) is 1.00. The summed E-state index contributed by atoms with van der Waals surface area (Å²) in [4.78, 5) is 0. The van der Waals surface area contributed by atoms with Crippen LogP contribution in [-0.2, 0) is 0 Å². The molecule has 1 rings (SSSR count). The van der Waals surface area contributed by atoms with Crippen LogP contribution in [0.15, 0.2) is 0 Å². The molecule has 1 aliphatic rings. The Bertz CT molecular complexity index is 112. The summed E-state index contributed by atoms with van der Waals surface area (Å²) in [6.07, 6.45) is 1.37. The predicted molar refractivity (Wildman–Crippen MR) is 45.9 cm³/mol. The maximum atomic E-state index is 2.40. The first-order chi connectivity index (χ1) is 4.51. The van der Waals surface area contributed by atoms with Crippen LogP contribution in [-0.4, -0.2) is 0 Å².